The molecule has 1 aromatic carbocycles. The first-order chi connectivity index (χ1) is 12.6. The van der Waals surface area contributed by atoms with Crippen LogP contribution in [0.15, 0.2) is 35.0 Å². The fraction of sp³-hybridized carbons (Fsp3) is 0.350. The predicted molar refractivity (Wildman–Crippen MR) is 109 cm³/mol. The number of aryl methyl sites for hydroxylation is 2. The van der Waals surface area contributed by atoms with Gasteiger partial charge >= 0.3 is 0 Å². The summed E-state index contributed by atoms with van der Waals surface area (Å²) in [6.45, 7) is 4.93. The molecular formula is C20H24N2O2S2. The monoisotopic (exact) mass is 388 g/mol. The second kappa shape index (κ2) is 8.66. The van der Waals surface area contributed by atoms with E-state index in [4.69, 9.17) is 14.5 Å². The standard InChI is InChI=1S/C20H24N2O2S2/c1-13-14(2)26-20(22-13)19(9-15-5-6-25-12-15)21-11-16-7-17(23-3)10-18(8-16)24-4/h5-8,10,12,19,21H,9,11H2,1-4H3. The summed E-state index contributed by atoms with van der Waals surface area (Å²) in [5, 5.41) is 9.14. The minimum Gasteiger partial charge on any atom is -0.497 e. The van der Waals surface area contributed by atoms with Crippen LogP contribution in [0.3, 0.4) is 0 Å². The molecule has 2 heterocycles. The Balaban J connectivity index is 1.79. The molecule has 0 amide bonds. The highest BCUT2D eigenvalue weighted by Crippen LogP contribution is 2.28. The van der Waals surface area contributed by atoms with Crippen molar-refractivity contribution in [2.45, 2.75) is 32.9 Å². The van der Waals surface area contributed by atoms with Gasteiger partial charge in [-0.1, -0.05) is 0 Å². The van der Waals surface area contributed by atoms with Crippen LogP contribution in [0.25, 0.3) is 0 Å². The van der Waals surface area contributed by atoms with Crippen molar-refractivity contribution in [1.82, 2.24) is 10.3 Å². The number of rotatable bonds is 8. The van der Waals surface area contributed by atoms with E-state index in [9.17, 15) is 0 Å². The van der Waals surface area contributed by atoms with E-state index in [1.54, 1.807) is 36.9 Å². The van der Waals surface area contributed by atoms with Crippen LogP contribution in [0.5, 0.6) is 11.5 Å². The van der Waals surface area contributed by atoms with Crippen molar-refractivity contribution in [2.24, 2.45) is 0 Å². The van der Waals surface area contributed by atoms with Crippen molar-refractivity contribution in [2.75, 3.05) is 14.2 Å². The molecule has 3 aromatic rings. The van der Waals surface area contributed by atoms with Crippen molar-refractivity contribution in [1.29, 1.82) is 0 Å². The van der Waals surface area contributed by atoms with Gasteiger partial charge in [-0.05, 0) is 60.4 Å². The van der Waals surface area contributed by atoms with Crippen molar-refractivity contribution in [3.8, 4) is 11.5 Å². The molecule has 1 unspecified atom stereocenters. The minimum atomic E-state index is 0.180. The first-order valence-corrected chi connectivity index (χ1v) is 10.2. The first-order valence-electron chi connectivity index (χ1n) is 8.49. The van der Waals surface area contributed by atoms with Gasteiger partial charge in [0, 0.05) is 17.5 Å². The summed E-state index contributed by atoms with van der Waals surface area (Å²) in [4.78, 5) is 6.06. The SMILES string of the molecule is COc1cc(CNC(Cc2ccsc2)c2nc(C)c(C)s2)cc(OC)c1. The average Bonchev–Trinajstić information content (AvgIpc) is 3.28. The van der Waals surface area contributed by atoms with Crippen LogP contribution in [-0.2, 0) is 13.0 Å². The quantitative estimate of drug-likeness (QED) is 0.595. The number of benzene rings is 1. The lowest BCUT2D eigenvalue weighted by atomic mass is 10.1. The maximum atomic E-state index is 5.38. The van der Waals surface area contributed by atoms with E-state index in [-0.39, 0.29) is 6.04 Å². The zero-order chi connectivity index (χ0) is 18.5. The van der Waals surface area contributed by atoms with Crippen molar-refractivity contribution in [3.63, 3.8) is 0 Å². The van der Waals surface area contributed by atoms with Gasteiger partial charge in [0.05, 0.1) is 26.0 Å². The Morgan fingerprint density at radius 1 is 1.08 bits per heavy atom. The Morgan fingerprint density at radius 3 is 2.35 bits per heavy atom. The van der Waals surface area contributed by atoms with Gasteiger partial charge in [0.25, 0.3) is 0 Å². The number of hydrogen-bond acceptors (Lipinski definition) is 6. The third kappa shape index (κ3) is 4.63. The van der Waals surface area contributed by atoms with E-state index in [1.165, 1.54) is 10.4 Å². The van der Waals surface area contributed by atoms with Gasteiger partial charge in [-0.3, -0.25) is 0 Å². The molecule has 138 valence electrons. The summed E-state index contributed by atoms with van der Waals surface area (Å²) in [5.41, 5.74) is 3.58. The molecule has 3 rings (SSSR count). The van der Waals surface area contributed by atoms with E-state index in [1.807, 2.05) is 18.2 Å². The first kappa shape index (κ1) is 18.9. The number of ether oxygens (including phenoxy) is 2. The third-order valence-electron chi connectivity index (χ3n) is 4.33. The van der Waals surface area contributed by atoms with Gasteiger partial charge in [-0.25, -0.2) is 4.98 Å². The van der Waals surface area contributed by atoms with Gasteiger partial charge in [-0.15, -0.1) is 11.3 Å². The Morgan fingerprint density at radius 2 is 1.81 bits per heavy atom. The van der Waals surface area contributed by atoms with Crippen LogP contribution in [-0.4, -0.2) is 19.2 Å². The summed E-state index contributed by atoms with van der Waals surface area (Å²) in [6.07, 6.45) is 0.928. The minimum absolute atomic E-state index is 0.180. The smallest absolute Gasteiger partial charge is 0.122 e. The van der Waals surface area contributed by atoms with Crippen LogP contribution in [0.2, 0.25) is 0 Å². The molecule has 0 bridgehead atoms. The van der Waals surface area contributed by atoms with Crippen molar-refractivity contribution in [3.05, 3.63) is 61.7 Å². The Bertz CT molecular complexity index is 802. The fourth-order valence-corrected chi connectivity index (χ4v) is 4.43. The number of thiazole rings is 1. The number of hydrogen-bond donors (Lipinski definition) is 1. The number of nitrogens with zero attached hydrogens (tertiary/aromatic N) is 1. The van der Waals surface area contributed by atoms with Gasteiger partial charge in [0.1, 0.15) is 16.5 Å². The summed E-state index contributed by atoms with van der Waals surface area (Å²) in [7, 11) is 3.35. The maximum Gasteiger partial charge on any atom is 0.122 e. The predicted octanol–water partition coefficient (Wildman–Crippen LogP) is 4.91. The van der Waals surface area contributed by atoms with E-state index < -0.39 is 0 Å². The zero-order valence-electron chi connectivity index (χ0n) is 15.5. The van der Waals surface area contributed by atoms with Crippen LogP contribution in [0.4, 0.5) is 0 Å². The number of aromatic nitrogens is 1. The molecule has 1 N–H and O–H groups in total. The zero-order valence-corrected chi connectivity index (χ0v) is 17.2. The van der Waals surface area contributed by atoms with E-state index in [2.05, 4.69) is 36.0 Å². The molecule has 0 aliphatic heterocycles. The number of nitrogens with one attached hydrogen (secondary N) is 1. The third-order valence-corrected chi connectivity index (χ3v) is 6.25. The van der Waals surface area contributed by atoms with Gasteiger partial charge in [-0.2, -0.15) is 11.3 Å². The molecule has 6 heteroatoms. The van der Waals surface area contributed by atoms with Crippen molar-refractivity contribution < 1.29 is 9.47 Å². The highest BCUT2D eigenvalue weighted by molar-refractivity contribution is 7.11. The molecule has 0 fully saturated rings. The molecule has 2 aromatic heterocycles. The second-order valence-corrected chi connectivity index (χ2v) is 8.20. The molecule has 0 aliphatic rings. The van der Waals surface area contributed by atoms with Gasteiger partial charge < -0.3 is 14.8 Å². The Kier molecular flexibility index (Phi) is 6.29. The summed E-state index contributed by atoms with van der Waals surface area (Å²) >= 11 is 3.51. The second-order valence-electron chi connectivity index (χ2n) is 6.18. The lowest BCUT2D eigenvalue weighted by molar-refractivity contribution is 0.392. The molecule has 1 atom stereocenters. The molecule has 0 saturated heterocycles. The van der Waals surface area contributed by atoms with Crippen LogP contribution < -0.4 is 14.8 Å². The summed E-state index contributed by atoms with van der Waals surface area (Å²) < 4.78 is 10.8. The molecule has 26 heavy (non-hydrogen) atoms. The molecule has 4 nitrogen and oxygen atoms in total. The topological polar surface area (TPSA) is 43.4 Å². The normalized spacial score (nSPS) is 12.2. The summed E-state index contributed by atoms with van der Waals surface area (Å²) in [5.74, 6) is 1.60. The van der Waals surface area contributed by atoms with Gasteiger partial charge in [0.15, 0.2) is 0 Å². The fourth-order valence-electron chi connectivity index (χ4n) is 2.75. The number of methoxy groups -OCH3 is 2. The average molecular weight is 389 g/mol. The van der Waals surface area contributed by atoms with E-state index in [0.717, 1.165) is 40.7 Å². The Hall–Kier alpha value is -1.89. The number of thiophene rings is 1. The molecule has 0 spiro atoms. The lowest BCUT2D eigenvalue weighted by Gasteiger charge is -2.17. The Labute approximate surface area is 162 Å². The molecule has 0 aliphatic carbocycles. The molecule has 0 radical (unpaired) electrons. The van der Waals surface area contributed by atoms with Crippen LogP contribution in [0, 0.1) is 13.8 Å². The van der Waals surface area contributed by atoms with E-state index >= 15 is 0 Å². The van der Waals surface area contributed by atoms with Crippen LogP contribution >= 0.6 is 22.7 Å². The van der Waals surface area contributed by atoms with E-state index in [0.29, 0.717) is 0 Å². The lowest BCUT2D eigenvalue weighted by Crippen LogP contribution is -2.23. The van der Waals surface area contributed by atoms with Crippen molar-refractivity contribution >= 4 is 22.7 Å². The maximum absolute atomic E-state index is 5.38. The molecular weight excluding hydrogens is 364 g/mol. The highest BCUT2D eigenvalue weighted by Gasteiger charge is 2.17. The highest BCUT2D eigenvalue weighted by atomic mass is 32.1. The molecule has 0 saturated carbocycles. The summed E-state index contributed by atoms with van der Waals surface area (Å²) in [6, 6.07) is 8.32. The largest absolute Gasteiger partial charge is 0.497 e. The van der Waals surface area contributed by atoms with Gasteiger partial charge in [0.2, 0.25) is 0 Å². The van der Waals surface area contributed by atoms with Crippen LogP contribution in [0.1, 0.15) is 32.7 Å².